The molecule has 2 rings (SSSR count). The van der Waals surface area contributed by atoms with Gasteiger partial charge in [-0.2, -0.15) is 5.10 Å². The smallest absolute Gasteiger partial charge is 0.0638 e. The van der Waals surface area contributed by atoms with Crippen molar-refractivity contribution in [3.8, 4) is 0 Å². The van der Waals surface area contributed by atoms with Crippen LogP contribution in [0.5, 0.6) is 0 Å². The molecule has 102 valence electrons. The fourth-order valence-corrected chi connectivity index (χ4v) is 2.08. The Morgan fingerprint density at radius 2 is 1.79 bits per heavy atom. The predicted octanol–water partition coefficient (Wildman–Crippen LogP) is 2.38. The molecule has 0 aliphatic rings. The molecule has 0 bridgehead atoms. The van der Waals surface area contributed by atoms with E-state index in [4.69, 9.17) is 0 Å². The minimum atomic E-state index is 0.851. The molecule has 0 saturated heterocycles. The van der Waals surface area contributed by atoms with Crippen molar-refractivity contribution >= 4 is 5.69 Å². The van der Waals surface area contributed by atoms with Crippen LogP contribution in [0.2, 0.25) is 0 Å². The number of aromatic nitrogens is 2. The predicted molar refractivity (Wildman–Crippen MR) is 79.4 cm³/mol. The zero-order valence-electron chi connectivity index (χ0n) is 12.1. The Kier molecular flexibility index (Phi) is 4.22. The van der Waals surface area contributed by atoms with E-state index in [9.17, 15) is 0 Å². The van der Waals surface area contributed by atoms with E-state index in [1.807, 2.05) is 6.92 Å². The van der Waals surface area contributed by atoms with Crippen molar-refractivity contribution in [1.29, 1.82) is 0 Å². The van der Waals surface area contributed by atoms with Crippen LogP contribution in [0.1, 0.15) is 22.5 Å². The maximum Gasteiger partial charge on any atom is 0.0638 e. The molecule has 0 atom stereocenters. The minimum absolute atomic E-state index is 0.851. The highest BCUT2D eigenvalue weighted by molar-refractivity contribution is 5.45. The first-order chi connectivity index (χ1) is 9.08. The molecule has 0 spiro atoms. The summed E-state index contributed by atoms with van der Waals surface area (Å²) in [5.74, 6) is 0. The van der Waals surface area contributed by atoms with E-state index < -0.39 is 0 Å². The first kappa shape index (κ1) is 13.6. The first-order valence-corrected chi connectivity index (χ1v) is 6.55. The number of benzene rings is 1. The molecule has 2 N–H and O–H groups in total. The lowest BCUT2D eigenvalue weighted by Gasteiger charge is -2.13. The third-order valence-electron chi connectivity index (χ3n) is 3.36. The van der Waals surface area contributed by atoms with Crippen molar-refractivity contribution in [2.75, 3.05) is 19.0 Å². The maximum absolute atomic E-state index is 4.20. The summed E-state index contributed by atoms with van der Waals surface area (Å²) in [6, 6.07) is 8.62. The van der Waals surface area contributed by atoms with Crippen LogP contribution >= 0.6 is 0 Å². The summed E-state index contributed by atoms with van der Waals surface area (Å²) in [4.78, 5) is 2.11. The van der Waals surface area contributed by atoms with Crippen molar-refractivity contribution in [2.24, 2.45) is 0 Å². The van der Waals surface area contributed by atoms with Gasteiger partial charge in [0.15, 0.2) is 0 Å². The van der Waals surface area contributed by atoms with Gasteiger partial charge in [-0.3, -0.25) is 5.10 Å². The molecule has 19 heavy (non-hydrogen) atoms. The SMILES string of the molecule is Cc1n[nH]c(C)c1CNCc1ccc(N(C)C)cc1. The van der Waals surface area contributed by atoms with Crippen LogP contribution in [0.4, 0.5) is 5.69 Å². The second-order valence-corrected chi connectivity index (χ2v) is 5.08. The molecular weight excluding hydrogens is 236 g/mol. The summed E-state index contributed by atoms with van der Waals surface area (Å²) in [6.45, 7) is 5.82. The summed E-state index contributed by atoms with van der Waals surface area (Å²) in [7, 11) is 4.11. The third-order valence-corrected chi connectivity index (χ3v) is 3.36. The molecule has 0 radical (unpaired) electrons. The number of anilines is 1. The number of aromatic amines is 1. The highest BCUT2D eigenvalue weighted by Gasteiger charge is 2.05. The number of hydrogen-bond donors (Lipinski definition) is 2. The average Bonchev–Trinajstić information content (AvgIpc) is 2.71. The Morgan fingerprint density at radius 3 is 2.32 bits per heavy atom. The van der Waals surface area contributed by atoms with E-state index in [1.54, 1.807) is 0 Å². The Labute approximate surface area is 114 Å². The van der Waals surface area contributed by atoms with Gasteiger partial charge in [0.05, 0.1) is 5.69 Å². The summed E-state index contributed by atoms with van der Waals surface area (Å²) in [6.07, 6.45) is 0. The maximum atomic E-state index is 4.20. The summed E-state index contributed by atoms with van der Waals surface area (Å²) < 4.78 is 0. The van der Waals surface area contributed by atoms with E-state index in [0.717, 1.165) is 24.5 Å². The van der Waals surface area contributed by atoms with Crippen molar-refractivity contribution in [2.45, 2.75) is 26.9 Å². The van der Waals surface area contributed by atoms with Crippen molar-refractivity contribution in [3.63, 3.8) is 0 Å². The van der Waals surface area contributed by atoms with Gasteiger partial charge in [0.25, 0.3) is 0 Å². The Balaban J connectivity index is 1.89. The standard InChI is InChI=1S/C15H22N4/c1-11-15(12(2)18-17-11)10-16-9-13-5-7-14(8-6-13)19(3)4/h5-8,16H,9-10H2,1-4H3,(H,17,18). The van der Waals surface area contributed by atoms with Gasteiger partial charge in [-0.05, 0) is 31.5 Å². The van der Waals surface area contributed by atoms with Crippen LogP contribution < -0.4 is 10.2 Å². The molecule has 1 aromatic carbocycles. The first-order valence-electron chi connectivity index (χ1n) is 6.55. The monoisotopic (exact) mass is 258 g/mol. The van der Waals surface area contributed by atoms with E-state index in [1.165, 1.54) is 16.8 Å². The molecule has 0 aliphatic carbocycles. The van der Waals surface area contributed by atoms with E-state index in [-0.39, 0.29) is 0 Å². The molecule has 0 saturated carbocycles. The van der Waals surface area contributed by atoms with Crippen LogP contribution in [0.15, 0.2) is 24.3 Å². The molecule has 0 aliphatic heterocycles. The number of rotatable bonds is 5. The molecule has 0 amide bonds. The molecular formula is C15H22N4. The van der Waals surface area contributed by atoms with E-state index in [0.29, 0.717) is 0 Å². The largest absolute Gasteiger partial charge is 0.378 e. The number of aryl methyl sites for hydroxylation is 2. The molecule has 1 aromatic heterocycles. The number of H-pyrrole nitrogens is 1. The van der Waals surface area contributed by atoms with Gasteiger partial charge < -0.3 is 10.2 Å². The van der Waals surface area contributed by atoms with Gasteiger partial charge in [-0.15, -0.1) is 0 Å². The van der Waals surface area contributed by atoms with Crippen molar-refractivity contribution in [3.05, 3.63) is 46.8 Å². The van der Waals surface area contributed by atoms with Gasteiger partial charge in [0.2, 0.25) is 0 Å². The molecule has 0 fully saturated rings. The van der Waals surface area contributed by atoms with Gasteiger partial charge in [-0.1, -0.05) is 12.1 Å². The molecule has 4 nitrogen and oxygen atoms in total. The Morgan fingerprint density at radius 1 is 1.11 bits per heavy atom. The topological polar surface area (TPSA) is 44.0 Å². The van der Waals surface area contributed by atoms with Crippen LogP contribution in [0.25, 0.3) is 0 Å². The molecule has 2 aromatic rings. The lowest BCUT2D eigenvalue weighted by atomic mass is 10.1. The highest BCUT2D eigenvalue weighted by atomic mass is 15.1. The molecule has 1 heterocycles. The lowest BCUT2D eigenvalue weighted by Crippen LogP contribution is -2.14. The third kappa shape index (κ3) is 3.35. The van der Waals surface area contributed by atoms with Gasteiger partial charge in [0, 0.05) is 44.1 Å². The van der Waals surface area contributed by atoms with Crippen LogP contribution in [0.3, 0.4) is 0 Å². The van der Waals surface area contributed by atoms with Crippen molar-refractivity contribution < 1.29 is 0 Å². The zero-order chi connectivity index (χ0) is 13.8. The second kappa shape index (κ2) is 5.89. The van der Waals surface area contributed by atoms with Crippen LogP contribution in [0, 0.1) is 13.8 Å². The minimum Gasteiger partial charge on any atom is -0.378 e. The van der Waals surface area contributed by atoms with E-state index in [2.05, 4.69) is 65.7 Å². The number of nitrogens with one attached hydrogen (secondary N) is 2. The fourth-order valence-electron chi connectivity index (χ4n) is 2.08. The zero-order valence-corrected chi connectivity index (χ0v) is 12.1. The Hall–Kier alpha value is -1.81. The average molecular weight is 258 g/mol. The fraction of sp³-hybridized carbons (Fsp3) is 0.400. The van der Waals surface area contributed by atoms with Gasteiger partial charge in [0.1, 0.15) is 0 Å². The quantitative estimate of drug-likeness (QED) is 0.865. The van der Waals surface area contributed by atoms with Crippen LogP contribution in [-0.4, -0.2) is 24.3 Å². The van der Waals surface area contributed by atoms with Crippen molar-refractivity contribution in [1.82, 2.24) is 15.5 Å². The number of nitrogens with zero attached hydrogens (tertiary/aromatic N) is 2. The van der Waals surface area contributed by atoms with Gasteiger partial charge in [-0.25, -0.2) is 0 Å². The summed E-state index contributed by atoms with van der Waals surface area (Å²) in [5, 5.41) is 10.7. The molecule has 0 unspecified atom stereocenters. The normalized spacial score (nSPS) is 10.7. The number of hydrogen-bond acceptors (Lipinski definition) is 3. The Bertz CT molecular complexity index is 506. The highest BCUT2D eigenvalue weighted by Crippen LogP contribution is 2.13. The summed E-state index contributed by atoms with van der Waals surface area (Å²) in [5.41, 5.74) is 6.01. The van der Waals surface area contributed by atoms with Gasteiger partial charge >= 0.3 is 0 Å². The van der Waals surface area contributed by atoms with E-state index >= 15 is 0 Å². The lowest BCUT2D eigenvalue weighted by molar-refractivity contribution is 0.688. The molecule has 4 heteroatoms. The second-order valence-electron chi connectivity index (χ2n) is 5.08. The summed E-state index contributed by atoms with van der Waals surface area (Å²) >= 11 is 0. The van der Waals surface area contributed by atoms with Crippen LogP contribution in [-0.2, 0) is 13.1 Å².